The average molecular weight is 491 g/mol. The van der Waals surface area contributed by atoms with Crippen molar-refractivity contribution in [3.05, 3.63) is 47.5 Å². The highest BCUT2D eigenvalue weighted by Gasteiger charge is 2.55. The first-order valence-corrected chi connectivity index (χ1v) is 12.9. The first-order chi connectivity index (χ1) is 17.3. The van der Waals surface area contributed by atoms with Crippen LogP contribution in [0.1, 0.15) is 55.1 Å². The molecule has 2 heterocycles. The van der Waals surface area contributed by atoms with Gasteiger partial charge in [-0.1, -0.05) is 0 Å². The Kier molecular flexibility index (Phi) is 5.60. The van der Waals surface area contributed by atoms with Crippen LogP contribution in [0.5, 0.6) is 0 Å². The number of hydrogen-bond donors (Lipinski definition) is 2. The molecule has 7 rings (SSSR count). The van der Waals surface area contributed by atoms with Gasteiger partial charge in [0.05, 0.1) is 22.9 Å². The number of rotatable bonds is 4. The molecule has 5 aliphatic rings. The van der Waals surface area contributed by atoms with E-state index in [1.54, 1.807) is 24.4 Å². The van der Waals surface area contributed by atoms with Crippen LogP contribution in [0, 0.1) is 34.9 Å². The number of nitriles is 1. The number of piperazine rings is 1. The molecule has 4 saturated carbocycles. The Morgan fingerprint density at radius 2 is 2.00 bits per heavy atom. The van der Waals surface area contributed by atoms with Crippen molar-refractivity contribution in [1.82, 2.24) is 15.3 Å². The second kappa shape index (κ2) is 8.70. The highest BCUT2D eigenvalue weighted by molar-refractivity contribution is 5.92. The molecule has 1 amide bonds. The number of benzene rings is 1. The van der Waals surface area contributed by atoms with Crippen LogP contribution in [0.3, 0.4) is 0 Å². The first kappa shape index (κ1) is 23.2. The summed E-state index contributed by atoms with van der Waals surface area (Å²) in [7, 11) is 0. The number of amides is 1. The summed E-state index contributed by atoms with van der Waals surface area (Å²) in [6.45, 7) is 3.75. The van der Waals surface area contributed by atoms with Gasteiger partial charge in [-0.05, 0) is 81.0 Å². The summed E-state index contributed by atoms with van der Waals surface area (Å²) in [6.07, 6.45) is 6.26. The zero-order valence-electron chi connectivity index (χ0n) is 20.4. The molecule has 1 saturated heterocycles. The highest BCUT2D eigenvalue weighted by atomic mass is 19.1. The lowest BCUT2D eigenvalue weighted by molar-refractivity contribution is -0.136. The van der Waals surface area contributed by atoms with Crippen molar-refractivity contribution in [3.63, 3.8) is 0 Å². The van der Waals surface area contributed by atoms with Gasteiger partial charge in [-0.15, -0.1) is 0 Å². The molecule has 2 unspecified atom stereocenters. The average Bonchev–Trinajstić information content (AvgIpc) is 2.85. The van der Waals surface area contributed by atoms with Gasteiger partial charge in [0.15, 0.2) is 0 Å². The predicted molar refractivity (Wildman–Crippen MR) is 132 cm³/mol. The molecule has 9 heteroatoms. The summed E-state index contributed by atoms with van der Waals surface area (Å²) >= 11 is 0. The number of carbonyl (C=O) groups is 1. The van der Waals surface area contributed by atoms with E-state index in [2.05, 4.69) is 15.3 Å². The molecule has 1 aliphatic heterocycles. The van der Waals surface area contributed by atoms with Crippen molar-refractivity contribution < 1.29 is 14.3 Å². The summed E-state index contributed by atoms with van der Waals surface area (Å²) in [6, 6.07) is 8.25. The van der Waals surface area contributed by atoms with Crippen molar-refractivity contribution in [2.24, 2.45) is 17.8 Å². The molecule has 1 aromatic heterocycles. The van der Waals surface area contributed by atoms with E-state index in [0.29, 0.717) is 60.3 Å². The number of aromatic nitrogens is 2. The quantitative estimate of drug-likeness (QED) is 0.679. The molecule has 2 N–H and O–H groups in total. The van der Waals surface area contributed by atoms with Gasteiger partial charge in [0.25, 0.3) is 5.91 Å². The third kappa shape index (κ3) is 4.07. The Balaban J connectivity index is 1.13. The normalized spacial score (nSPS) is 32.9. The maximum absolute atomic E-state index is 14.5. The Bertz CT molecular complexity index is 1210. The predicted octanol–water partition coefficient (Wildman–Crippen LogP) is 2.87. The maximum atomic E-state index is 14.5. The molecule has 36 heavy (non-hydrogen) atoms. The van der Waals surface area contributed by atoms with Crippen LogP contribution >= 0.6 is 0 Å². The van der Waals surface area contributed by atoms with Crippen LogP contribution in [0.4, 0.5) is 16.0 Å². The van der Waals surface area contributed by atoms with E-state index in [0.717, 1.165) is 32.1 Å². The SMILES string of the molecule is C[C@H]1CN(c2ccc(C#N)cc2F)CCN1c1nccc(C(=O)N[C@H]2C3CC4CC2C[C@](O)(C4)C3)n1. The first-order valence-electron chi connectivity index (χ1n) is 12.9. The lowest BCUT2D eigenvalue weighted by Crippen LogP contribution is -2.61. The number of hydrogen-bond acceptors (Lipinski definition) is 7. The molecule has 4 aliphatic carbocycles. The van der Waals surface area contributed by atoms with Gasteiger partial charge >= 0.3 is 0 Å². The van der Waals surface area contributed by atoms with Crippen molar-refractivity contribution in [1.29, 1.82) is 5.26 Å². The fraction of sp³-hybridized carbons (Fsp3) is 0.556. The summed E-state index contributed by atoms with van der Waals surface area (Å²) in [5, 5.41) is 23.1. The number of carbonyl (C=O) groups excluding carboxylic acids is 1. The summed E-state index contributed by atoms with van der Waals surface area (Å²) in [5.74, 6) is 1.17. The largest absolute Gasteiger partial charge is 0.390 e. The molecule has 1 aromatic carbocycles. The zero-order valence-corrected chi connectivity index (χ0v) is 20.4. The van der Waals surface area contributed by atoms with Gasteiger partial charge in [0.1, 0.15) is 11.5 Å². The minimum absolute atomic E-state index is 0.00252. The molecule has 188 valence electrons. The van der Waals surface area contributed by atoms with E-state index in [1.807, 2.05) is 22.8 Å². The van der Waals surface area contributed by atoms with Crippen molar-refractivity contribution in [2.75, 3.05) is 29.4 Å². The van der Waals surface area contributed by atoms with Crippen LogP contribution < -0.4 is 15.1 Å². The van der Waals surface area contributed by atoms with Gasteiger partial charge in [0.2, 0.25) is 5.95 Å². The monoisotopic (exact) mass is 490 g/mol. The molecule has 3 atom stereocenters. The van der Waals surface area contributed by atoms with Crippen LogP contribution in [0.25, 0.3) is 0 Å². The van der Waals surface area contributed by atoms with E-state index in [4.69, 9.17) is 5.26 Å². The minimum Gasteiger partial charge on any atom is -0.390 e. The minimum atomic E-state index is -0.529. The van der Waals surface area contributed by atoms with Crippen molar-refractivity contribution >= 4 is 17.5 Å². The van der Waals surface area contributed by atoms with Crippen LogP contribution in [0.15, 0.2) is 30.5 Å². The second-order valence-electron chi connectivity index (χ2n) is 11.2. The Morgan fingerprint density at radius 1 is 1.22 bits per heavy atom. The number of anilines is 2. The molecule has 2 aromatic rings. The van der Waals surface area contributed by atoms with Gasteiger partial charge < -0.3 is 20.2 Å². The molecule has 0 spiro atoms. The summed E-state index contributed by atoms with van der Waals surface area (Å²) in [4.78, 5) is 26.3. The topological polar surface area (TPSA) is 105 Å². The third-order valence-corrected chi connectivity index (χ3v) is 8.72. The zero-order chi connectivity index (χ0) is 25.0. The number of nitrogens with zero attached hydrogens (tertiary/aromatic N) is 5. The van der Waals surface area contributed by atoms with Gasteiger partial charge in [-0.3, -0.25) is 4.79 Å². The highest BCUT2D eigenvalue weighted by Crippen LogP contribution is 2.55. The summed E-state index contributed by atoms with van der Waals surface area (Å²) < 4.78 is 14.5. The number of halogens is 1. The summed E-state index contributed by atoms with van der Waals surface area (Å²) in [5.41, 5.74) is 0.602. The fourth-order valence-electron chi connectivity index (χ4n) is 7.36. The van der Waals surface area contributed by atoms with Crippen LogP contribution in [-0.4, -0.2) is 58.3 Å². The molecular formula is C27H31FN6O2. The molecule has 0 radical (unpaired) electrons. The number of aliphatic hydroxyl groups is 1. The van der Waals surface area contributed by atoms with Gasteiger partial charge in [0, 0.05) is 37.9 Å². The molecular weight excluding hydrogens is 459 g/mol. The van der Waals surface area contributed by atoms with E-state index in [9.17, 15) is 14.3 Å². The van der Waals surface area contributed by atoms with E-state index in [-0.39, 0.29) is 18.0 Å². The molecule has 4 bridgehead atoms. The van der Waals surface area contributed by atoms with Crippen molar-refractivity contribution in [3.8, 4) is 6.07 Å². The standard InChI is InChI=1S/C27H31FN6O2/c1-16-15-33(23-3-2-17(14-29)10-21(23)28)6-7-34(16)26-30-5-4-22(31-26)25(35)32-24-19-8-18-9-20(24)13-27(36,11-18)12-19/h2-5,10,16,18-20,24,36H,6-9,11-13,15H2,1H3,(H,32,35)/t16-,18?,19?,20?,24-,27-/m0/s1. The van der Waals surface area contributed by atoms with Gasteiger partial charge in [-0.2, -0.15) is 5.26 Å². The number of nitrogens with one attached hydrogen (secondary N) is 1. The second-order valence-corrected chi connectivity index (χ2v) is 11.2. The van der Waals surface area contributed by atoms with Crippen LogP contribution in [0.2, 0.25) is 0 Å². The lowest BCUT2D eigenvalue weighted by Gasteiger charge is -2.58. The van der Waals surface area contributed by atoms with Crippen molar-refractivity contribution in [2.45, 2.75) is 56.7 Å². The van der Waals surface area contributed by atoms with E-state index >= 15 is 0 Å². The van der Waals surface area contributed by atoms with Crippen LogP contribution in [-0.2, 0) is 0 Å². The fourth-order valence-corrected chi connectivity index (χ4v) is 7.36. The molecule has 8 nitrogen and oxygen atoms in total. The Morgan fingerprint density at radius 3 is 2.67 bits per heavy atom. The Hall–Kier alpha value is -3.25. The smallest absolute Gasteiger partial charge is 0.270 e. The van der Waals surface area contributed by atoms with E-state index in [1.165, 1.54) is 6.07 Å². The van der Waals surface area contributed by atoms with Gasteiger partial charge in [-0.25, -0.2) is 14.4 Å². The lowest BCUT2D eigenvalue weighted by atomic mass is 9.52. The maximum Gasteiger partial charge on any atom is 0.270 e. The van der Waals surface area contributed by atoms with E-state index < -0.39 is 11.4 Å². The molecule has 5 fully saturated rings. The third-order valence-electron chi connectivity index (χ3n) is 8.72. The Labute approximate surface area is 210 Å².